The van der Waals surface area contributed by atoms with Gasteiger partial charge in [-0.2, -0.15) is 0 Å². The summed E-state index contributed by atoms with van der Waals surface area (Å²) < 4.78 is 0. The Labute approximate surface area is 104 Å². The van der Waals surface area contributed by atoms with Gasteiger partial charge in [-0.15, -0.1) is 0 Å². The molecule has 0 saturated carbocycles. The van der Waals surface area contributed by atoms with Gasteiger partial charge < -0.3 is 10.2 Å². The van der Waals surface area contributed by atoms with Crippen LogP contribution in [0.25, 0.3) is 0 Å². The van der Waals surface area contributed by atoms with Crippen molar-refractivity contribution in [3.8, 4) is 0 Å². The summed E-state index contributed by atoms with van der Waals surface area (Å²) >= 11 is 0. The summed E-state index contributed by atoms with van der Waals surface area (Å²) in [6.45, 7) is 3.68. The van der Waals surface area contributed by atoms with E-state index in [2.05, 4.69) is 34.5 Å². The molecule has 1 aromatic rings. The number of nitrogens with zero attached hydrogens (tertiary/aromatic N) is 1. The summed E-state index contributed by atoms with van der Waals surface area (Å²) in [7, 11) is 0. The van der Waals surface area contributed by atoms with E-state index in [1.54, 1.807) is 0 Å². The highest BCUT2D eigenvalue weighted by Crippen LogP contribution is 2.27. The van der Waals surface area contributed by atoms with E-state index >= 15 is 0 Å². The molecule has 0 spiro atoms. The second kappa shape index (κ2) is 5.09. The van der Waals surface area contributed by atoms with Crippen molar-refractivity contribution in [2.45, 2.75) is 38.1 Å². The van der Waals surface area contributed by atoms with Crippen LogP contribution >= 0.6 is 0 Å². The molecular weight excluding hydrogens is 208 g/mol. The molecule has 0 aromatic heterocycles. The third-order valence-electron chi connectivity index (χ3n) is 4.13. The molecule has 2 nitrogen and oxygen atoms in total. The van der Waals surface area contributed by atoms with E-state index in [9.17, 15) is 0 Å². The molecule has 0 amide bonds. The van der Waals surface area contributed by atoms with Crippen LogP contribution in [0.4, 0.5) is 5.69 Å². The standard InChI is InChI=1S/C15H22N2/c1-2-8-15-13(5-1)9-12-17(15)11-4-7-14-6-3-10-16-14/h1-2,5,8,14,16H,3-4,6-7,9-12H2. The van der Waals surface area contributed by atoms with Crippen molar-refractivity contribution in [2.24, 2.45) is 0 Å². The normalized spacial score (nSPS) is 23.1. The van der Waals surface area contributed by atoms with Crippen LogP contribution in [0.5, 0.6) is 0 Å². The van der Waals surface area contributed by atoms with Gasteiger partial charge >= 0.3 is 0 Å². The number of hydrogen-bond acceptors (Lipinski definition) is 2. The lowest BCUT2D eigenvalue weighted by molar-refractivity contribution is 0.534. The minimum atomic E-state index is 0.799. The van der Waals surface area contributed by atoms with Crippen LogP contribution in [0, 0.1) is 0 Å². The Morgan fingerprint density at radius 3 is 3.12 bits per heavy atom. The maximum Gasteiger partial charge on any atom is 0.0399 e. The molecule has 1 saturated heterocycles. The number of para-hydroxylation sites is 1. The second-order valence-electron chi connectivity index (χ2n) is 5.30. The van der Waals surface area contributed by atoms with Crippen LogP contribution in [-0.2, 0) is 6.42 Å². The van der Waals surface area contributed by atoms with E-state index in [1.165, 1.54) is 63.0 Å². The fourth-order valence-electron chi connectivity index (χ4n) is 3.17. The lowest BCUT2D eigenvalue weighted by Crippen LogP contribution is -2.25. The molecule has 0 bridgehead atoms. The summed E-state index contributed by atoms with van der Waals surface area (Å²) in [4.78, 5) is 2.56. The molecule has 17 heavy (non-hydrogen) atoms. The molecule has 0 aliphatic carbocycles. The lowest BCUT2D eigenvalue weighted by atomic mass is 10.1. The molecule has 2 aliphatic heterocycles. The molecule has 2 heteroatoms. The van der Waals surface area contributed by atoms with Gasteiger partial charge in [0.15, 0.2) is 0 Å². The first-order chi connectivity index (χ1) is 8.43. The number of benzene rings is 1. The van der Waals surface area contributed by atoms with Gasteiger partial charge in [-0.05, 0) is 50.3 Å². The van der Waals surface area contributed by atoms with E-state index in [0.29, 0.717) is 0 Å². The van der Waals surface area contributed by atoms with Crippen molar-refractivity contribution >= 4 is 5.69 Å². The van der Waals surface area contributed by atoms with Crippen molar-refractivity contribution in [1.82, 2.24) is 5.32 Å². The first-order valence-corrected chi connectivity index (χ1v) is 7.00. The highest BCUT2D eigenvalue weighted by atomic mass is 15.1. The molecule has 1 fully saturated rings. The Hall–Kier alpha value is -1.02. The third-order valence-corrected chi connectivity index (χ3v) is 4.13. The van der Waals surface area contributed by atoms with E-state index in [0.717, 1.165) is 6.04 Å². The average Bonchev–Trinajstić information content (AvgIpc) is 2.99. The summed E-state index contributed by atoms with van der Waals surface area (Å²) in [6, 6.07) is 9.66. The minimum Gasteiger partial charge on any atom is -0.371 e. The highest BCUT2D eigenvalue weighted by molar-refractivity contribution is 5.57. The van der Waals surface area contributed by atoms with Gasteiger partial charge in [-0.3, -0.25) is 0 Å². The Morgan fingerprint density at radius 1 is 1.29 bits per heavy atom. The van der Waals surface area contributed by atoms with Crippen LogP contribution in [0.1, 0.15) is 31.2 Å². The van der Waals surface area contributed by atoms with E-state index in [-0.39, 0.29) is 0 Å². The molecule has 1 aromatic carbocycles. The van der Waals surface area contributed by atoms with Gasteiger partial charge in [0.2, 0.25) is 0 Å². The number of fused-ring (bicyclic) bond motifs is 1. The van der Waals surface area contributed by atoms with Crippen molar-refractivity contribution in [3.05, 3.63) is 29.8 Å². The molecule has 1 N–H and O–H groups in total. The Balaban J connectivity index is 1.50. The fraction of sp³-hybridized carbons (Fsp3) is 0.600. The summed E-state index contributed by atoms with van der Waals surface area (Å²) in [5.41, 5.74) is 3.01. The van der Waals surface area contributed by atoms with E-state index < -0.39 is 0 Å². The predicted octanol–water partition coefficient (Wildman–Crippen LogP) is 2.58. The van der Waals surface area contributed by atoms with Gasteiger partial charge in [0.1, 0.15) is 0 Å². The smallest absolute Gasteiger partial charge is 0.0399 e. The van der Waals surface area contributed by atoms with Gasteiger partial charge in [0, 0.05) is 24.8 Å². The van der Waals surface area contributed by atoms with Crippen LogP contribution in [-0.4, -0.2) is 25.7 Å². The Kier molecular flexibility index (Phi) is 3.32. The number of rotatable bonds is 4. The van der Waals surface area contributed by atoms with Crippen LogP contribution in [0.2, 0.25) is 0 Å². The van der Waals surface area contributed by atoms with Crippen LogP contribution < -0.4 is 10.2 Å². The summed E-state index contributed by atoms with van der Waals surface area (Å²) in [5, 5.41) is 3.58. The number of hydrogen-bond donors (Lipinski definition) is 1. The second-order valence-corrected chi connectivity index (χ2v) is 5.30. The number of anilines is 1. The van der Waals surface area contributed by atoms with Crippen molar-refractivity contribution in [2.75, 3.05) is 24.5 Å². The quantitative estimate of drug-likeness (QED) is 0.855. The summed E-state index contributed by atoms with van der Waals surface area (Å²) in [5.74, 6) is 0. The van der Waals surface area contributed by atoms with Crippen molar-refractivity contribution in [3.63, 3.8) is 0 Å². The van der Waals surface area contributed by atoms with E-state index in [4.69, 9.17) is 0 Å². The molecule has 3 rings (SSSR count). The monoisotopic (exact) mass is 230 g/mol. The zero-order valence-electron chi connectivity index (χ0n) is 10.5. The lowest BCUT2D eigenvalue weighted by Gasteiger charge is -2.20. The van der Waals surface area contributed by atoms with Gasteiger partial charge in [-0.1, -0.05) is 18.2 Å². The van der Waals surface area contributed by atoms with Crippen molar-refractivity contribution < 1.29 is 0 Å². The zero-order chi connectivity index (χ0) is 11.5. The molecule has 0 radical (unpaired) electrons. The van der Waals surface area contributed by atoms with Crippen LogP contribution in [0.3, 0.4) is 0 Å². The Morgan fingerprint density at radius 2 is 2.24 bits per heavy atom. The molecular formula is C15H22N2. The SMILES string of the molecule is c1ccc2c(c1)CCN2CCCC1CCCN1. The minimum absolute atomic E-state index is 0.799. The van der Waals surface area contributed by atoms with Crippen molar-refractivity contribution in [1.29, 1.82) is 0 Å². The fourth-order valence-corrected chi connectivity index (χ4v) is 3.17. The topological polar surface area (TPSA) is 15.3 Å². The van der Waals surface area contributed by atoms with Gasteiger partial charge in [0.25, 0.3) is 0 Å². The highest BCUT2D eigenvalue weighted by Gasteiger charge is 2.19. The average molecular weight is 230 g/mol. The largest absolute Gasteiger partial charge is 0.371 e. The maximum atomic E-state index is 3.58. The molecule has 1 atom stereocenters. The first kappa shape index (κ1) is 11.1. The van der Waals surface area contributed by atoms with Crippen LogP contribution in [0.15, 0.2) is 24.3 Å². The third kappa shape index (κ3) is 2.47. The molecule has 2 aliphatic rings. The number of nitrogens with one attached hydrogen (secondary N) is 1. The maximum absolute atomic E-state index is 3.58. The summed E-state index contributed by atoms with van der Waals surface area (Å²) in [6.07, 6.45) is 6.66. The van der Waals surface area contributed by atoms with E-state index in [1.807, 2.05) is 0 Å². The molecule has 1 unspecified atom stereocenters. The Bertz CT molecular complexity index is 369. The molecule has 92 valence electrons. The first-order valence-electron chi connectivity index (χ1n) is 7.00. The predicted molar refractivity (Wildman–Crippen MR) is 72.6 cm³/mol. The molecule has 2 heterocycles. The zero-order valence-corrected chi connectivity index (χ0v) is 10.5. The van der Waals surface area contributed by atoms with Gasteiger partial charge in [0.05, 0.1) is 0 Å². The van der Waals surface area contributed by atoms with Gasteiger partial charge in [-0.25, -0.2) is 0 Å².